The molecule has 0 aromatic rings. The molecule has 2 bridgehead atoms. The van der Waals surface area contributed by atoms with Gasteiger partial charge in [0.15, 0.2) is 5.78 Å². The summed E-state index contributed by atoms with van der Waals surface area (Å²) >= 11 is 0. The number of carbonyl (C=O) groups is 1. The monoisotopic (exact) mass is 848 g/mol. The third-order valence-corrected chi connectivity index (χ3v) is 9.34. The molecule has 4 aliphatic rings. The van der Waals surface area contributed by atoms with Gasteiger partial charge >= 0.3 is 0 Å². The molecule has 0 aromatic carbocycles. The van der Waals surface area contributed by atoms with Gasteiger partial charge < -0.3 is 25.2 Å². The van der Waals surface area contributed by atoms with Crippen molar-refractivity contribution in [1.82, 2.24) is 0 Å². The molecule has 7 unspecified atom stereocenters. The Balaban J connectivity index is 0.00000160. The molecule has 6 nitrogen and oxygen atoms in total. The Labute approximate surface area is 250 Å². The van der Waals surface area contributed by atoms with Crippen LogP contribution in [0.15, 0.2) is 11.1 Å². The van der Waals surface area contributed by atoms with Crippen LogP contribution in [0.25, 0.3) is 0 Å². The molecule has 30 heavy (non-hydrogen) atoms. The van der Waals surface area contributed by atoms with E-state index in [4.69, 9.17) is 4.74 Å². The van der Waals surface area contributed by atoms with Crippen molar-refractivity contribution < 1.29 is 118 Å². The first kappa shape index (κ1) is 28.3. The van der Waals surface area contributed by atoms with Gasteiger partial charge in [-0.2, -0.15) is 0 Å². The molecule has 2 radical (unpaired) electrons. The zero-order valence-corrected chi connectivity index (χ0v) is 28.3. The quantitative estimate of drug-likeness (QED) is 0.274. The topological polar surface area (TPSA) is 107 Å². The summed E-state index contributed by atoms with van der Waals surface area (Å²) in [6.45, 7) is 11.2. The standard InChI is InChI=1S/C22H34O6.2Ac/c1-10-7-14-21(26,9-28-14)17-12(3)22(27)8-13(23)11(2)15(19(22,4)5)16(24)18(25)20(10,17)6;;/h10,12-14,16-17,23-24,26-27H,7-9H2,1-6H3;;/t10-,12?,13?,14?,16?,17?,20+,21?,22?;;/m0../s1. The Morgan fingerprint density at radius 2 is 1.63 bits per heavy atom. The van der Waals surface area contributed by atoms with Crippen LogP contribution in [0.2, 0.25) is 0 Å². The van der Waals surface area contributed by atoms with Crippen LogP contribution in [0.5, 0.6) is 0 Å². The van der Waals surface area contributed by atoms with Gasteiger partial charge in [-0.15, -0.1) is 0 Å². The summed E-state index contributed by atoms with van der Waals surface area (Å²) in [5.74, 6) is -1.51. The molecule has 0 spiro atoms. The number of hydrogen-bond donors (Lipinski definition) is 4. The third kappa shape index (κ3) is 3.28. The Kier molecular flexibility index (Phi) is 8.16. The average molecular weight is 849 g/mol. The van der Waals surface area contributed by atoms with Crippen LogP contribution >= 0.6 is 0 Å². The zero-order valence-electron chi connectivity index (χ0n) is 18.8. The number of ether oxygens (including phenoxy) is 1. The fourth-order valence-electron chi connectivity index (χ4n) is 7.30. The maximum absolute atomic E-state index is 13.8. The number of hydrogen-bond acceptors (Lipinski definition) is 6. The predicted molar refractivity (Wildman–Crippen MR) is 102 cm³/mol. The van der Waals surface area contributed by atoms with Crippen LogP contribution in [-0.2, 0) is 9.53 Å². The maximum atomic E-state index is 13.8. The fourth-order valence-corrected chi connectivity index (χ4v) is 7.30. The van der Waals surface area contributed by atoms with Crippen LogP contribution in [0.1, 0.15) is 54.4 Å². The number of rotatable bonds is 0. The normalized spacial score (nSPS) is 51.9. The van der Waals surface area contributed by atoms with Gasteiger partial charge in [-0.3, -0.25) is 4.79 Å². The molecule has 1 aliphatic heterocycles. The minimum atomic E-state index is -1.42. The number of aliphatic hydroxyl groups excluding tert-OH is 2. The molecule has 2 saturated carbocycles. The number of ketones is 1. The number of aliphatic hydroxyl groups is 4. The van der Waals surface area contributed by atoms with Crippen molar-refractivity contribution in [1.29, 1.82) is 0 Å². The molecular formula is C22H34Ac2O6. The molecule has 9 atom stereocenters. The van der Waals surface area contributed by atoms with Gasteiger partial charge in [0.25, 0.3) is 0 Å². The van der Waals surface area contributed by atoms with Gasteiger partial charge in [-0.25, -0.2) is 0 Å². The average Bonchev–Trinajstić information content (AvgIpc) is 2.60. The van der Waals surface area contributed by atoms with Crippen molar-refractivity contribution in [3.05, 3.63) is 11.1 Å². The minimum Gasteiger partial charge on any atom is -0.389 e. The van der Waals surface area contributed by atoms with E-state index in [1.54, 1.807) is 6.92 Å². The maximum Gasteiger partial charge on any atom is 0.172 e. The van der Waals surface area contributed by atoms with E-state index >= 15 is 0 Å². The van der Waals surface area contributed by atoms with E-state index in [9.17, 15) is 25.2 Å². The molecule has 1 heterocycles. The second kappa shape index (κ2) is 8.64. The van der Waals surface area contributed by atoms with Gasteiger partial charge in [0.2, 0.25) is 0 Å². The molecular weight excluding hydrogens is 814 g/mol. The molecule has 1 saturated heterocycles. The predicted octanol–water partition coefficient (Wildman–Crippen LogP) is 1.20. The Hall–Kier alpha value is 2.09. The summed E-state index contributed by atoms with van der Waals surface area (Å²) in [5, 5.41) is 45.5. The van der Waals surface area contributed by atoms with Gasteiger partial charge in [-0.1, -0.05) is 34.6 Å². The molecule has 3 fully saturated rings. The summed E-state index contributed by atoms with van der Waals surface area (Å²) in [6, 6.07) is 0. The van der Waals surface area contributed by atoms with Crippen LogP contribution < -0.4 is 0 Å². The summed E-state index contributed by atoms with van der Waals surface area (Å²) in [5.41, 5.74) is -3.55. The van der Waals surface area contributed by atoms with E-state index in [2.05, 4.69) is 0 Å². The van der Waals surface area contributed by atoms with Crippen molar-refractivity contribution in [3.8, 4) is 0 Å². The Morgan fingerprint density at radius 3 is 2.13 bits per heavy atom. The first-order valence-corrected chi connectivity index (χ1v) is 10.4. The molecule has 0 amide bonds. The van der Waals surface area contributed by atoms with Crippen LogP contribution in [-0.4, -0.2) is 62.3 Å². The van der Waals surface area contributed by atoms with E-state index in [0.29, 0.717) is 17.6 Å². The second-order valence-corrected chi connectivity index (χ2v) is 10.6. The molecule has 164 valence electrons. The first-order valence-electron chi connectivity index (χ1n) is 10.4. The van der Waals surface area contributed by atoms with Crippen LogP contribution in [0, 0.1) is 117 Å². The zero-order chi connectivity index (χ0) is 21.0. The number of carbonyl (C=O) groups excluding carboxylic acids is 1. The van der Waals surface area contributed by atoms with E-state index in [1.807, 2.05) is 34.6 Å². The molecule has 3 aliphatic carbocycles. The molecule has 0 aromatic heterocycles. The Morgan fingerprint density at radius 1 is 1.07 bits per heavy atom. The largest absolute Gasteiger partial charge is 0.389 e. The smallest absolute Gasteiger partial charge is 0.172 e. The van der Waals surface area contributed by atoms with E-state index in [0.717, 1.165) is 0 Å². The van der Waals surface area contributed by atoms with Gasteiger partial charge in [0, 0.05) is 111 Å². The van der Waals surface area contributed by atoms with Crippen LogP contribution in [0.4, 0.5) is 0 Å². The molecule has 4 rings (SSSR count). The van der Waals surface area contributed by atoms with Crippen molar-refractivity contribution in [2.24, 2.45) is 28.6 Å². The summed E-state index contributed by atoms with van der Waals surface area (Å²) < 4.78 is 5.65. The SMILES string of the molecule is CC1=C2C(O)C(=O)[C@@]3(C)C(C(C)C(O)(CC1O)C2(C)C)C1(O)COC1C[C@@H]3C.[Ac].[Ac]. The number of fused-ring (bicyclic) bond motifs is 5. The van der Waals surface area contributed by atoms with Crippen molar-refractivity contribution in [3.63, 3.8) is 0 Å². The first-order chi connectivity index (χ1) is 12.7. The Bertz CT molecular complexity index is 769. The molecule has 8 heteroatoms. The van der Waals surface area contributed by atoms with Crippen molar-refractivity contribution in [2.45, 2.75) is 83.9 Å². The van der Waals surface area contributed by atoms with Crippen molar-refractivity contribution >= 4 is 5.78 Å². The van der Waals surface area contributed by atoms with E-state index < -0.39 is 46.1 Å². The summed E-state index contributed by atoms with van der Waals surface area (Å²) in [6.07, 6.45) is -2.08. The summed E-state index contributed by atoms with van der Waals surface area (Å²) in [4.78, 5) is 13.8. The van der Waals surface area contributed by atoms with Gasteiger partial charge in [0.1, 0.15) is 11.7 Å². The van der Waals surface area contributed by atoms with Crippen molar-refractivity contribution in [2.75, 3.05) is 6.61 Å². The number of Topliss-reactive ketones (excluding diaryl/α,β-unsaturated/α-hetero) is 1. The van der Waals surface area contributed by atoms with Gasteiger partial charge in [0.05, 0.1) is 24.4 Å². The van der Waals surface area contributed by atoms with Crippen LogP contribution in [0.3, 0.4) is 0 Å². The van der Waals surface area contributed by atoms with Gasteiger partial charge in [-0.05, 0) is 36.3 Å². The van der Waals surface area contributed by atoms with E-state index in [1.165, 1.54) is 0 Å². The summed E-state index contributed by atoms with van der Waals surface area (Å²) in [7, 11) is 0. The third-order valence-electron chi connectivity index (χ3n) is 9.34. The fraction of sp³-hybridized carbons (Fsp3) is 0.864. The second-order valence-electron chi connectivity index (χ2n) is 10.6. The minimum absolute atomic E-state index is 0. The van der Waals surface area contributed by atoms with E-state index in [-0.39, 0.29) is 119 Å². The molecule has 4 N–H and O–H groups in total.